The molecule has 0 spiro atoms. The third-order valence-corrected chi connectivity index (χ3v) is 4.51. The van der Waals surface area contributed by atoms with Crippen LogP contribution in [-0.4, -0.2) is 39.2 Å². The van der Waals surface area contributed by atoms with Crippen LogP contribution in [0.1, 0.15) is 26.5 Å². The Morgan fingerprint density at radius 3 is 2.42 bits per heavy atom. The van der Waals surface area contributed by atoms with Crippen LogP contribution < -0.4 is 10.1 Å². The normalized spacial score (nSPS) is 10.8. The summed E-state index contributed by atoms with van der Waals surface area (Å²) in [6.07, 6.45) is 2.67. The van der Waals surface area contributed by atoms with E-state index in [1.54, 1.807) is 18.2 Å². The second-order valence-corrected chi connectivity index (χ2v) is 6.68. The Balaban J connectivity index is 1.86. The van der Waals surface area contributed by atoms with E-state index in [0.29, 0.717) is 27.5 Å². The van der Waals surface area contributed by atoms with Crippen molar-refractivity contribution in [3.8, 4) is 5.75 Å². The lowest BCUT2D eigenvalue weighted by molar-refractivity contribution is -0.111. The lowest BCUT2D eigenvalue weighted by Crippen LogP contribution is -2.14. The molecule has 0 unspecified atom stereocenters. The van der Waals surface area contributed by atoms with Gasteiger partial charge in [0, 0.05) is 22.6 Å². The first-order chi connectivity index (χ1) is 14.9. The van der Waals surface area contributed by atoms with E-state index in [9.17, 15) is 14.4 Å². The molecule has 0 saturated carbocycles. The van der Waals surface area contributed by atoms with Crippen molar-refractivity contribution in [2.75, 3.05) is 26.6 Å². The summed E-state index contributed by atoms with van der Waals surface area (Å²) in [5.74, 6) is -0.983. The zero-order valence-corrected chi connectivity index (χ0v) is 17.6. The molecule has 1 heterocycles. The fourth-order valence-electron chi connectivity index (χ4n) is 2.85. The molecule has 9 heteroatoms. The Labute approximate surface area is 182 Å². The first-order valence-corrected chi connectivity index (χ1v) is 9.31. The molecule has 160 valence electrons. The Hall–Kier alpha value is -3.78. The van der Waals surface area contributed by atoms with Crippen molar-refractivity contribution in [2.45, 2.75) is 0 Å². The quantitative estimate of drug-likeness (QED) is 0.447. The maximum atomic E-state index is 12.4. The lowest BCUT2D eigenvalue weighted by Gasteiger charge is -2.10. The largest absolute Gasteiger partial charge is 0.493 e. The molecule has 3 rings (SSSR count). The van der Waals surface area contributed by atoms with E-state index >= 15 is 0 Å². The Morgan fingerprint density at radius 1 is 1.00 bits per heavy atom. The number of hydrogen-bond acceptors (Lipinski definition) is 7. The van der Waals surface area contributed by atoms with Gasteiger partial charge in [-0.2, -0.15) is 0 Å². The molecule has 0 saturated heterocycles. The summed E-state index contributed by atoms with van der Waals surface area (Å²) < 4.78 is 20.3. The fourth-order valence-corrected chi connectivity index (χ4v) is 3.07. The molecular weight excluding hydrogens is 426 g/mol. The molecule has 3 aromatic rings. The van der Waals surface area contributed by atoms with Gasteiger partial charge in [-0.3, -0.25) is 4.79 Å². The van der Waals surface area contributed by atoms with Crippen molar-refractivity contribution in [3.63, 3.8) is 0 Å². The van der Waals surface area contributed by atoms with Crippen LogP contribution in [0.5, 0.6) is 5.75 Å². The van der Waals surface area contributed by atoms with Crippen LogP contribution in [0.4, 0.5) is 5.69 Å². The number of nitrogens with one attached hydrogen (secondary N) is 1. The van der Waals surface area contributed by atoms with Crippen LogP contribution in [0.15, 0.2) is 46.9 Å². The lowest BCUT2D eigenvalue weighted by atomic mass is 10.1. The number of furan rings is 1. The monoisotopic (exact) mass is 443 g/mol. The molecule has 0 aliphatic heterocycles. The van der Waals surface area contributed by atoms with E-state index in [0.717, 1.165) is 0 Å². The van der Waals surface area contributed by atoms with Gasteiger partial charge in [0.2, 0.25) is 5.91 Å². The third kappa shape index (κ3) is 4.87. The predicted octanol–water partition coefficient (Wildman–Crippen LogP) is 4.32. The number of amides is 1. The van der Waals surface area contributed by atoms with Gasteiger partial charge in [-0.25, -0.2) is 9.59 Å². The van der Waals surface area contributed by atoms with Crippen LogP contribution in [0, 0.1) is 0 Å². The van der Waals surface area contributed by atoms with E-state index in [4.69, 9.17) is 25.5 Å². The minimum absolute atomic E-state index is 0.0834. The summed E-state index contributed by atoms with van der Waals surface area (Å²) in [5, 5.41) is 3.76. The van der Waals surface area contributed by atoms with Gasteiger partial charge in [-0.1, -0.05) is 11.6 Å². The highest BCUT2D eigenvalue weighted by Gasteiger charge is 2.17. The van der Waals surface area contributed by atoms with Crippen LogP contribution in [-0.2, 0) is 14.3 Å². The summed E-state index contributed by atoms with van der Waals surface area (Å²) in [7, 11) is 3.94. The van der Waals surface area contributed by atoms with E-state index in [1.165, 1.54) is 51.7 Å². The van der Waals surface area contributed by atoms with Crippen molar-refractivity contribution < 1.29 is 33.0 Å². The standard InChI is InChI=1S/C22H18ClNO7/c1-28-18-11-14(23)8-13-9-15(31-20(13)18)5-7-19(25)24-17-10-12(21(26)29-2)4-6-16(17)22(27)30-3/h4-11H,1-3H3,(H,24,25)/b7-5+. The number of anilines is 1. The highest BCUT2D eigenvalue weighted by molar-refractivity contribution is 6.31. The molecule has 0 aliphatic rings. The average molecular weight is 444 g/mol. The highest BCUT2D eigenvalue weighted by atomic mass is 35.5. The molecule has 0 bridgehead atoms. The molecule has 0 fully saturated rings. The Kier molecular flexibility index (Phi) is 6.61. The van der Waals surface area contributed by atoms with Crippen LogP contribution in [0.2, 0.25) is 5.02 Å². The number of benzene rings is 2. The topological polar surface area (TPSA) is 104 Å². The van der Waals surface area contributed by atoms with E-state index in [1.807, 2.05) is 0 Å². The Bertz CT molecular complexity index is 1200. The van der Waals surface area contributed by atoms with Crippen molar-refractivity contribution in [1.29, 1.82) is 0 Å². The maximum absolute atomic E-state index is 12.4. The number of ether oxygens (including phenoxy) is 3. The number of esters is 2. The zero-order chi connectivity index (χ0) is 22.5. The molecule has 8 nitrogen and oxygen atoms in total. The smallest absolute Gasteiger partial charge is 0.339 e. The number of carbonyl (C=O) groups is 3. The second kappa shape index (κ2) is 9.36. The average Bonchev–Trinajstić information content (AvgIpc) is 3.18. The van der Waals surface area contributed by atoms with Crippen LogP contribution in [0.25, 0.3) is 17.0 Å². The Morgan fingerprint density at radius 2 is 1.74 bits per heavy atom. The number of fused-ring (bicyclic) bond motifs is 1. The van der Waals surface area contributed by atoms with E-state index in [-0.39, 0.29) is 16.8 Å². The number of halogens is 1. The molecule has 1 N–H and O–H groups in total. The SMILES string of the molecule is COC(=O)c1ccc(C(=O)OC)c(NC(=O)/C=C/c2cc3cc(Cl)cc(OC)c3o2)c1. The summed E-state index contributed by atoms with van der Waals surface area (Å²) in [4.78, 5) is 36.2. The predicted molar refractivity (Wildman–Crippen MR) is 115 cm³/mol. The number of hydrogen-bond donors (Lipinski definition) is 1. The van der Waals surface area contributed by atoms with Gasteiger partial charge in [-0.15, -0.1) is 0 Å². The van der Waals surface area contributed by atoms with Crippen molar-refractivity contribution in [2.24, 2.45) is 0 Å². The molecular formula is C22H18ClNO7. The number of rotatable bonds is 6. The molecule has 2 aromatic carbocycles. The first-order valence-electron chi connectivity index (χ1n) is 8.93. The summed E-state index contributed by atoms with van der Waals surface area (Å²) in [5.41, 5.74) is 0.837. The van der Waals surface area contributed by atoms with Crippen molar-refractivity contribution in [3.05, 3.63) is 64.4 Å². The van der Waals surface area contributed by atoms with Gasteiger partial charge in [-0.05, 0) is 36.4 Å². The summed E-state index contributed by atoms with van der Waals surface area (Å²) in [6.45, 7) is 0. The number of carbonyl (C=O) groups excluding carboxylic acids is 3. The third-order valence-electron chi connectivity index (χ3n) is 4.29. The summed E-state index contributed by atoms with van der Waals surface area (Å²) in [6, 6.07) is 9.13. The molecule has 1 aromatic heterocycles. The van der Waals surface area contributed by atoms with Gasteiger partial charge in [0.05, 0.1) is 38.1 Å². The molecule has 31 heavy (non-hydrogen) atoms. The fraction of sp³-hybridized carbons (Fsp3) is 0.136. The summed E-state index contributed by atoms with van der Waals surface area (Å²) >= 11 is 6.05. The van der Waals surface area contributed by atoms with Gasteiger partial charge < -0.3 is 23.9 Å². The molecule has 1 amide bonds. The highest BCUT2D eigenvalue weighted by Crippen LogP contribution is 2.32. The van der Waals surface area contributed by atoms with Crippen LogP contribution >= 0.6 is 11.6 Å². The molecule has 0 radical (unpaired) electrons. The zero-order valence-electron chi connectivity index (χ0n) is 16.9. The second-order valence-electron chi connectivity index (χ2n) is 6.24. The molecule has 0 aliphatic carbocycles. The van der Waals surface area contributed by atoms with Crippen molar-refractivity contribution >= 4 is 52.2 Å². The van der Waals surface area contributed by atoms with E-state index in [2.05, 4.69) is 10.1 Å². The van der Waals surface area contributed by atoms with Gasteiger partial charge in [0.15, 0.2) is 11.3 Å². The minimum Gasteiger partial charge on any atom is -0.493 e. The van der Waals surface area contributed by atoms with Gasteiger partial charge >= 0.3 is 11.9 Å². The van der Waals surface area contributed by atoms with E-state index < -0.39 is 17.8 Å². The first kappa shape index (κ1) is 21.9. The van der Waals surface area contributed by atoms with Crippen molar-refractivity contribution in [1.82, 2.24) is 0 Å². The van der Waals surface area contributed by atoms with Crippen LogP contribution in [0.3, 0.4) is 0 Å². The maximum Gasteiger partial charge on any atom is 0.339 e. The van der Waals surface area contributed by atoms with Gasteiger partial charge in [0.1, 0.15) is 5.76 Å². The van der Waals surface area contributed by atoms with Gasteiger partial charge in [0.25, 0.3) is 0 Å². The number of methoxy groups -OCH3 is 3. The minimum atomic E-state index is -0.669. The molecule has 0 atom stereocenters.